The fraction of sp³-hybridized carbons (Fsp3) is 0.667. The van der Waals surface area contributed by atoms with Crippen LogP contribution < -0.4 is 5.32 Å². The molecule has 2 N–H and O–H groups in total. The van der Waals surface area contributed by atoms with Crippen molar-refractivity contribution >= 4 is 17.4 Å². The van der Waals surface area contributed by atoms with Crippen LogP contribution in [0, 0.1) is 6.92 Å². The molecule has 108 valence electrons. The second-order valence-electron chi connectivity index (χ2n) is 5.34. The van der Waals surface area contributed by atoms with Crippen molar-refractivity contribution in [2.45, 2.75) is 45.6 Å². The third-order valence-electron chi connectivity index (χ3n) is 2.53. The molecule has 0 aliphatic rings. The van der Waals surface area contributed by atoms with Crippen molar-refractivity contribution in [3.8, 4) is 0 Å². The van der Waals surface area contributed by atoms with Gasteiger partial charge in [-0.1, -0.05) is 32.4 Å². The van der Waals surface area contributed by atoms with E-state index in [1.54, 1.807) is 6.92 Å². The van der Waals surface area contributed by atoms with Crippen LogP contribution in [0.5, 0.6) is 0 Å². The van der Waals surface area contributed by atoms with Crippen molar-refractivity contribution in [2.24, 2.45) is 0 Å². The maximum Gasteiger partial charge on any atom is 0.265 e. The number of hydrogen-bond acceptors (Lipinski definition) is 4. The second-order valence-corrected chi connectivity index (χ2v) is 5.70. The fourth-order valence-corrected chi connectivity index (χ4v) is 1.46. The smallest absolute Gasteiger partial charge is 0.265 e. The van der Waals surface area contributed by atoms with Crippen molar-refractivity contribution in [1.82, 2.24) is 9.97 Å². The van der Waals surface area contributed by atoms with E-state index in [2.05, 4.69) is 15.3 Å². The highest BCUT2D eigenvalue weighted by Crippen LogP contribution is 2.26. The normalized spacial score (nSPS) is 13.7. The highest BCUT2D eigenvalue weighted by atomic mass is 35.5. The highest BCUT2D eigenvalue weighted by Gasteiger charge is 2.22. The van der Waals surface area contributed by atoms with Gasteiger partial charge in [-0.3, -0.25) is 0 Å². The predicted molar refractivity (Wildman–Crippen MR) is 71.0 cm³/mol. The van der Waals surface area contributed by atoms with E-state index in [0.29, 0.717) is 17.2 Å². The third-order valence-corrected chi connectivity index (χ3v) is 2.89. The van der Waals surface area contributed by atoms with Gasteiger partial charge < -0.3 is 10.4 Å². The average Bonchev–Trinajstić information content (AvgIpc) is 2.28. The summed E-state index contributed by atoms with van der Waals surface area (Å²) in [5.74, 6) is 0.877. The van der Waals surface area contributed by atoms with E-state index in [-0.39, 0.29) is 17.1 Å². The standard InChI is InChI=1S/C12H18ClF2N3O/c1-6-8(13)17-11(12(2,3)4)18-10(6)16-5-7(19)9(14)15/h7,9,19H,5H2,1-4H3,(H,16,17,18). The first-order valence-electron chi connectivity index (χ1n) is 5.87. The monoisotopic (exact) mass is 293 g/mol. The third kappa shape index (κ3) is 4.24. The topological polar surface area (TPSA) is 58.0 Å². The molecule has 19 heavy (non-hydrogen) atoms. The predicted octanol–water partition coefficient (Wildman–Crippen LogP) is 2.77. The second kappa shape index (κ2) is 5.96. The number of halogens is 3. The van der Waals surface area contributed by atoms with E-state index in [4.69, 9.17) is 16.7 Å². The van der Waals surface area contributed by atoms with Gasteiger partial charge >= 0.3 is 0 Å². The molecule has 1 aromatic rings. The number of aromatic nitrogens is 2. The Bertz CT molecular complexity index is 449. The Balaban J connectivity index is 2.97. The molecule has 0 fully saturated rings. The van der Waals surface area contributed by atoms with Crippen LogP contribution in [0.15, 0.2) is 0 Å². The SMILES string of the molecule is Cc1c(Cl)nc(C(C)(C)C)nc1NCC(O)C(F)F. The van der Waals surface area contributed by atoms with Gasteiger partial charge in [0.05, 0.1) is 0 Å². The van der Waals surface area contributed by atoms with Crippen molar-refractivity contribution in [3.05, 3.63) is 16.5 Å². The molecular formula is C12H18ClF2N3O. The van der Waals surface area contributed by atoms with Gasteiger partial charge in [0.25, 0.3) is 6.43 Å². The number of rotatable bonds is 4. The van der Waals surface area contributed by atoms with Crippen molar-refractivity contribution in [3.63, 3.8) is 0 Å². The molecular weight excluding hydrogens is 276 g/mol. The lowest BCUT2D eigenvalue weighted by Gasteiger charge is -2.20. The Morgan fingerprint density at radius 2 is 1.89 bits per heavy atom. The van der Waals surface area contributed by atoms with E-state index >= 15 is 0 Å². The van der Waals surface area contributed by atoms with Gasteiger partial charge in [0.1, 0.15) is 22.9 Å². The van der Waals surface area contributed by atoms with Gasteiger partial charge in [0.15, 0.2) is 0 Å². The Labute approximate surface area is 116 Å². The summed E-state index contributed by atoms with van der Waals surface area (Å²) in [5.41, 5.74) is 0.255. The summed E-state index contributed by atoms with van der Waals surface area (Å²) in [6, 6.07) is 0. The molecule has 7 heteroatoms. The molecule has 1 aromatic heterocycles. The minimum atomic E-state index is -2.80. The molecule has 1 heterocycles. The molecule has 1 rings (SSSR count). The first-order chi connectivity index (χ1) is 8.62. The molecule has 0 amide bonds. The summed E-state index contributed by atoms with van der Waals surface area (Å²) in [5, 5.41) is 12.0. The van der Waals surface area contributed by atoms with Crippen LogP contribution in [0.3, 0.4) is 0 Å². The maximum absolute atomic E-state index is 12.2. The van der Waals surface area contributed by atoms with Crippen LogP contribution in [0.2, 0.25) is 5.15 Å². The lowest BCUT2D eigenvalue weighted by Crippen LogP contribution is -2.28. The Kier molecular flexibility index (Phi) is 5.04. The van der Waals surface area contributed by atoms with Crippen LogP contribution in [-0.4, -0.2) is 34.1 Å². The van der Waals surface area contributed by atoms with Gasteiger partial charge in [0.2, 0.25) is 0 Å². The van der Waals surface area contributed by atoms with Crippen LogP contribution in [0.4, 0.5) is 14.6 Å². The number of alkyl halides is 2. The molecule has 0 saturated heterocycles. The quantitative estimate of drug-likeness (QED) is 0.838. The highest BCUT2D eigenvalue weighted by molar-refractivity contribution is 6.30. The van der Waals surface area contributed by atoms with Crippen LogP contribution in [0.1, 0.15) is 32.2 Å². The molecule has 0 aliphatic heterocycles. The van der Waals surface area contributed by atoms with Crippen LogP contribution >= 0.6 is 11.6 Å². The van der Waals surface area contributed by atoms with E-state index in [1.807, 2.05) is 20.8 Å². The minimum Gasteiger partial charge on any atom is -0.385 e. The zero-order valence-corrected chi connectivity index (χ0v) is 12.1. The maximum atomic E-state index is 12.2. The van der Waals surface area contributed by atoms with Gasteiger partial charge in [-0.2, -0.15) is 0 Å². The van der Waals surface area contributed by atoms with E-state index in [9.17, 15) is 8.78 Å². The summed E-state index contributed by atoms with van der Waals surface area (Å²) < 4.78 is 24.5. The molecule has 0 bridgehead atoms. The molecule has 0 aliphatic carbocycles. The molecule has 0 spiro atoms. The van der Waals surface area contributed by atoms with Crippen molar-refractivity contribution < 1.29 is 13.9 Å². The zero-order chi connectivity index (χ0) is 14.8. The van der Waals surface area contributed by atoms with Crippen molar-refractivity contribution in [2.75, 3.05) is 11.9 Å². The summed E-state index contributed by atoms with van der Waals surface area (Å²) in [6.07, 6.45) is -4.54. The van der Waals surface area contributed by atoms with Crippen LogP contribution in [-0.2, 0) is 5.41 Å². The van der Waals surface area contributed by atoms with Gasteiger partial charge in [0, 0.05) is 17.5 Å². The van der Waals surface area contributed by atoms with Gasteiger partial charge in [-0.25, -0.2) is 18.7 Å². The molecule has 0 saturated carbocycles. The molecule has 1 unspecified atom stereocenters. The summed E-state index contributed by atoms with van der Waals surface area (Å²) in [4.78, 5) is 8.44. The summed E-state index contributed by atoms with van der Waals surface area (Å²) in [7, 11) is 0. The van der Waals surface area contributed by atoms with E-state index in [1.165, 1.54) is 0 Å². The average molecular weight is 294 g/mol. The fourth-order valence-electron chi connectivity index (χ4n) is 1.29. The number of anilines is 1. The van der Waals surface area contributed by atoms with Crippen molar-refractivity contribution in [1.29, 1.82) is 0 Å². The number of aliphatic hydroxyl groups is 1. The van der Waals surface area contributed by atoms with E-state index < -0.39 is 12.5 Å². The Hall–Kier alpha value is -1.01. The zero-order valence-electron chi connectivity index (χ0n) is 11.3. The van der Waals surface area contributed by atoms with Gasteiger partial charge in [-0.15, -0.1) is 0 Å². The largest absolute Gasteiger partial charge is 0.385 e. The number of hydrogen-bond donors (Lipinski definition) is 2. The summed E-state index contributed by atoms with van der Waals surface area (Å²) >= 11 is 6.00. The molecule has 0 aromatic carbocycles. The molecule has 0 radical (unpaired) electrons. The summed E-state index contributed by atoms with van der Waals surface area (Å²) in [6.45, 7) is 7.16. The van der Waals surface area contributed by atoms with Gasteiger partial charge in [-0.05, 0) is 6.92 Å². The van der Waals surface area contributed by atoms with Crippen LogP contribution in [0.25, 0.3) is 0 Å². The Morgan fingerprint density at radius 1 is 1.32 bits per heavy atom. The van der Waals surface area contributed by atoms with E-state index in [0.717, 1.165) is 0 Å². The molecule has 4 nitrogen and oxygen atoms in total. The first-order valence-corrected chi connectivity index (χ1v) is 6.25. The number of nitrogens with zero attached hydrogens (tertiary/aromatic N) is 2. The lowest BCUT2D eigenvalue weighted by molar-refractivity contribution is 0.00379. The minimum absolute atomic E-state index is 0.272. The lowest BCUT2D eigenvalue weighted by atomic mass is 9.95. The molecule has 1 atom stereocenters. The number of nitrogens with one attached hydrogen (secondary N) is 1. The Morgan fingerprint density at radius 3 is 2.37 bits per heavy atom. The number of aliphatic hydroxyl groups excluding tert-OH is 1. The first kappa shape index (κ1) is 16.0.